The van der Waals surface area contributed by atoms with E-state index in [2.05, 4.69) is 9.97 Å². The van der Waals surface area contributed by atoms with Crippen molar-refractivity contribution in [3.8, 4) is 11.3 Å². The third-order valence-electron chi connectivity index (χ3n) is 2.22. The van der Waals surface area contributed by atoms with Gasteiger partial charge in [-0.05, 0) is 0 Å². The van der Waals surface area contributed by atoms with Crippen molar-refractivity contribution in [2.24, 2.45) is 5.84 Å². The number of nitrogens with zero attached hydrogens (tertiary/aromatic N) is 2. The molecule has 1 aromatic heterocycles. The number of hydrazine groups is 1. The molecule has 1 aromatic carbocycles. The fourth-order valence-electron chi connectivity index (χ4n) is 1.38. The van der Waals surface area contributed by atoms with Crippen LogP contribution >= 0.6 is 0 Å². The minimum absolute atomic E-state index is 0.0221. The lowest BCUT2D eigenvalue weighted by Gasteiger charge is -2.05. The van der Waals surface area contributed by atoms with Crippen molar-refractivity contribution in [3.05, 3.63) is 42.2 Å². The van der Waals surface area contributed by atoms with E-state index < -0.39 is 5.91 Å². The number of rotatable bonds is 2. The van der Waals surface area contributed by atoms with Crippen LogP contribution in [0.25, 0.3) is 11.3 Å². The summed E-state index contributed by atoms with van der Waals surface area (Å²) in [6, 6.07) is 9.36. The highest BCUT2D eigenvalue weighted by Gasteiger charge is 2.12. The highest BCUT2D eigenvalue weighted by Crippen LogP contribution is 2.17. The van der Waals surface area contributed by atoms with Gasteiger partial charge in [0.05, 0.1) is 11.9 Å². The lowest BCUT2D eigenvalue weighted by atomic mass is 10.1. The Bertz CT molecular complexity index is 542. The summed E-state index contributed by atoms with van der Waals surface area (Å²) < 4.78 is 0. The molecule has 19 heavy (non-hydrogen) atoms. The summed E-state index contributed by atoms with van der Waals surface area (Å²) in [6.07, 6.45) is 1.51. The predicted molar refractivity (Wildman–Crippen MR) is 74.9 cm³/mol. The number of hydrogen-bond donors (Lipinski definition) is 3. The first-order valence-electron chi connectivity index (χ1n) is 5.91. The Morgan fingerprint density at radius 2 is 1.84 bits per heavy atom. The van der Waals surface area contributed by atoms with E-state index in [-0.39, 0.29) is 11.5 Å². The molecule has 0 saturated carbocycles. The van der Waals surface area contributed by atoms with Crippen LogP contribution in [0.15, 0.2) is 36.5 Å². The monoisotopic (exact) mass is 259 g/mol. The van der Waals surface area contributed by atoms with Crippen molar-refractivity contribution < 1.29 is 4.79 Å². The number of carbonyl (C=O) groups excluding carboxylic acids is 1. The van der Waals surface area contributed by atoms with Crippen LogP contribution < -0.4 is 17.0 Å². The van der Waals surface area contributed by atoms with Gasteiger partial charge in [0.15, 0.2) is 11.5 Å². The molecule has 0 saturated heterocycles. The van der Waals surface area contributed by atoms with Crippen LogP contribution in [0.3, 0.4) is 0 Å². The Labute approximate surface area is 111 Å². The summed E-state index contributed by atoms with van der Waals surface area (Å²) in [5.74, 6) is 4.53. The fraction of sp³-hybridized carbons (Fsp3) is 0.154. The van der Waals surface area contributed by atoms with Crippen molar-refractivity contribution in [3.63, 3.8) is 0 Å². The van der Waals surface area contributed by atoms with Gasteiger partial charge in [0.25, 0.3) is 5.91 Å². The molecular formula is C13H17N5O. The average molecular weight is 259 g/mol. The first-order chi connectivity index (χ1) is 9.22. The summed E-state index contributed by atoms with van der Waals surface area (Å²) in [5.41, 5.74) is 8.98. The number of nitrogens with two attached hydrogens (primary N) is 2. The SMILES string of the molecule is CC.NNC(=O)c1nc(-c2ccccc2)cnc1N. The van der Waals surface area contributed by atoms with E-state index in [4.69, 9.17) is 11.6 Å². The average Bonchev–Trinajstić information content (AvgIpc) is 2.50. The van der Waals surface area contributed by atoms with Gasteiger partial charge in [-0.3, -0.25) is 10.2 Å². The number of carbonyl (C=O) groups is 1. The molecule has 6 heteroatoms. The van der Waals surface area contributed by atoms with Crippen LogP contribution in [-0.4, -0.2) is 15.9 Å². The molecule has 0 aliphatic rings. The quantitative estimate of drug-likeness (QED) is 0.429. The third kappa shape index (κ3) is 3.49. The molecule has 0 bridgehead atoms. The van der Waals surface area contributed by atoms with E-state index in [0.717, 1.165) is 5.56 Å². The highest BCUT2D eigenvalue weighted by molar-refractivity contribution is 5.96. The maximum atomic E-state index is 11.4. The van der Waals surface area contributed by atoms with Gasteiger partial charge in [0.2, 0.25) is 0 Å². The Morgan fingerprint density at radius 1 is 1.21 bits per heavy atom. The molecule has 0 fully saturated rings. The molecule has 1 heterocycles. The maximum Gasteiger partial charge on any atom is 0.287 e. The summed E-state index contributed by atoms with van der Waals surface area (Å²) in [4.78, 5) is 19.5. The van der Waals surface area contributed by atoms with E-state index >= 15 is 0 Å². The summed E-state index contributed by atoms with van der Waals surface area (Å²) in [7, 11) is 0. The van der Waals surface area contributed by atoms with E-state index in [1.165, 1.54) is 6.20 Å². The molecule has 1 amide bonds. The number of nitrogens with one attached hydrogen (secondary N) is 1. The molecule has 0 atom stereocenters. The van der Waals surface area contributed by atoms with Gasteiger partial charge < -0.3 is 5.73 Å². The predicted octanol–water partition coefficient (Wildman–Crippen LogP) is 1.36. The standard InChI is InChI=1S/C11H11N5O.C2H6/c12-10-9(11(17)16-13)15-8(6-14-10)7-4-2-1-3-5-7;1-2/h1-6H,13H2,(H2,12,14)(H,16,17);1-2H3. The highest BCUT2D eigenvalue weighted by atomic mass is 16.2. The van der Waals surface area contributed by atoms with E-state index in [1.807, 2.05) is 49.6 Å². The normalized spacial score (nSPS) is 9.21. The largest absolute Gasteiger partial charge is 0.382 e. The molecule has 100 valence electrons. The second-order valence-electron chi connectivity index (χ2n) is 3.33. The van der Waals surface area contributed by atoms with Gasteiger partial charge in [-0.15, -0.1) is 0 Å². The van der Waals surface area contributed by atoms with Crippen molar-refractivity contribution in [2.45, 2.75) is 13.8 Å². The lowest BCUT2D eigenvalue weighted by Crippen LogP contribution is -2.31. The van der Waals surface area contributed by atoms with Crippen LogP contribution in [-0.2, 0) is 0 Å². The van der Waals surface area contributed by atoms with E-state index in [0.29, 0.717) is 5.69 Å². The van der Waals surface area contributed by atoms with Crippen molar-refractivity contribution in [1.29, 1.82) is 0 Å². The van der Waals surface area contributed by atoms with Gasteiger partial charge in [-0.2, -0.15) is 0 Å². The Kier molecular flexibility index (Phi) is 5.43. The molecule has 0 radical (unpaired) electrons. The van der Waals surface area contributed by atoms with Crippen molar-refractivity contribution in [2.75, 3.05) is 5.73 Å². The van der Waals surface area contributed by atoms with Crippen molar-refractivity contribution in [1.82, 2.24) is 15.4 Å². The summed E-state index contributed by atoms with van der Waals surface area (Å²) in [6.45, 7) is 4.00. The zero-order chi connectivity index (χ0) is 14.3. The number of benzene rings is 1. The summed E-state index contributed by atoms with van der Waals surface area (Å²) >= 11 is 0. The zero-order valence-corrected chi connectivity index (χ0v) is 10.9. The Morgan fingerprint density at radius 3 is 2.42 bits per heavy atom. The maximum absolute atomic E-state index is 11.4. The van der Waals surface area contributed by atoms with Crippen LogP contribution in [0.2, 0.25) is 0 Å². The smallest absolute Gasteiger partial charge is 0.287 e. The van der Waals surface area contributed by atoms with Gasteiger partial charge in [-0.25, -0.2) is 15.8 Å². The molecule has 0 aliphatic carbocycles. The second-order valence-corrected chi connectivity index (χ2v) is 3.33. The first kappa shape index (κ1) is 14.6. The Hall–Kier alpha value is -2.47. The molecule has 5 N–H and O–H groups in total. The summed E-state index contributed by atoms with van der Waals surface area (Å²) in [5, 5.41) is 0. The second kappa shape index (κ2) is 7.07. The van der Waals surface area contributed by atoms with Gasteiger partial charge in [0, 0.05) is 5.56 Å². The minimum Gasteiger partial charge on any atom is -0.382 e. The van der Waals surface area contributed by atoms with Gasteiger partial charge >= 0.3 is 0 Å². The molecule has 2 rings (SSSR count). The first-order valence-corrected chi connectivity index (χ1v) is 5.91. The number of amides is 1. The van der Waals surface area contributed by atoms with Crippen LogP contribution in [0.4, 0.5) is 5.82 Å². The number of aromatic nitrogens is 2. The van der Waals surface area contributed by atoms with Crippen LogP contribution in [0, 0.1) is 0 Å². The molecule has 0 unspecified atom stereocenters. The zero-order valence-electron chi connectivity index (χ0n) is 10.9. The Balaban J connectivity index is 0.000000861. The molecular weight excluding hydrogens is 242 g/mol. The number of anilines is 1. The fourth-order valence-corrected chi connectivity index (χ4v) is 1.38. The number of nitrogen functional groups attached to an aromatic ring is 2. The van der Waals surface area contributed by atoms with Crippen molar-refractivity contribution >= 4 is 11.7 Å². The van der Waals surface area contributed by atoms with E-state index in [1.54, 1.807) is 0 Å². The van der Waals surface area contributed by atoms with Crippen LogP contribution in [0.1, 0.15) is 24.3 Å². The molecule has 0 aliphatic heterocycles. The van der Waals surface area contributed by atoms with Crippen LogP contribution in [0.5, 0.6) is 0 Å². The van der Waals surface area contributed by atoms with Gasteiger partial charge in [-0.1, -0.05) is 44.2 Å². The molecule has 2 aromatic rings. The molecule has 0 spiro atoms. The lowest BCUT2D eigenvalue weighted by molar-refractivity contribution is 0.0949. The minimum atomic E-state index is -0.562. The molecule has 6 nitrogen and oxygen atoms in total. The van der Waals surface area contributed by atoms with Gasteiger partial charge in [0.1, 0.15) is 0 Å². The van der Waals surface area contributed by atoms with E-state index in [9.17, 15) is 4.79 Å². The topological polar surface area (TPSA) is 107 Å². The number of hydrogen-bond acceptors (Lipinski definition) is 5. The third-order valence-corrected chi connectivity index (χ3v) is 2.22.